The molecule has 0 spiro atoms. The number of hydrogen-bond donors (Lipinski definition) is 0. The fourth-order valence-electron chi connectivity index (χ4n) is 4.34. The first kappa shape index (κ1) is 18.5. The molecule has 2 aromatic rings. The fraction of sp³-hybridized carbons (Fsp3) is 0.429. The van der Waals surface area contributed by atoms with Crippen molar-refractivity contribution in [3.05, 3.63) is 59.7 Å². The van der Waals surface area contributed by atoms with Crippen LogP contribution in [-0.4, -0.2) is 50.4 Å². The Morgan fingerprint density at radius 2 is 1.93 bits per heavy atom. The van der Waals surface area contributed by atoms with Gasteiger partial charge in [0.1, 0.15) is 5.75 Å². The molecule has 2 aliphatic rings. The van der Waals surface area contributed by atoms with Crippen LogP contribution in [0.25, 0.3) is 0 Å². The Kier molecular flexibility index (Phi) is 4.97. The van der Waals surface area contributed by atoms with Crippen molar-refractivity contribution >= 4 is 10.0 Å². The molecule has 27 heavy (non-hydrogen) atoms. The smallest absolute Gasteiger partial charge is 0.243 e. The first-order valence-electron chi connectivity index (χ1n) is 9.42. The minimum atomic E-state index is -3.40. The van der Waals surface area contributed by atoms with E-state index < -0.39 is 10.0 Å². The number of hydrogen-bond acceptors (Lipinski definition) is 4. The van der Waals surface area contributed by atoms with E-state index in [1.807, 2.05) is 31.2 Å². The average molecular weight is 387 g/mol. The second-order valence-corrected chi connectivity index (χ2v) is 9.43. The lowest BCUT2D eigenvalue weighted by atomic mass is 9.83. The monoisotopic (exact) mass is 386 g/mol. The summed E-state index contributed by atoms with van der Waals surface area (Å²) in [6.07, 6.45) is 0.889. The van der Waals surface area contributed by atoms with Gasteiger partial charge in [0.2, 0.25) is 10.0 Å². The highest BCUT2D eigenvalue weighted by Gasteiger charge is 2.45. The molecule has 2 aromatic carbocycles. The van der Waals surface area contributed by atoms with Crippen molar-refractivity contribution < 1.29 is 13.2 Å². The maximum atomic E-state index is 13.0. The molecule has 0 unspecified atom stereocenters. The molecule has 2 atom stereocenters. The van der Waals surface area contributed by atoms with Gasteiger partial charge in [-0.1, -0.05) is 30.3 Å². The number of likely N-dealkylation sites (tertiary alicyclic amines) is 1. The second-order valence-electron chi connectivity index (χ2n) is 7.53. The normalized spacial score (nSPS) is 23.5. The zero-order valence-electron chi connectivity index (χ0n) is 15.8. The Balaban J connectivity index is 1.41. The van der Waals surface area contributed by atoms with Crippen LogP contribution in [0.1, 0.15) is 17.5 Å². The molecule has 6 heteroatoms. The SMILES string of the molecule is COc1cccc(CN2C[C@@H]3CN(S(=O)(=O)c4ccccc4C)CC[C@H]32)c1. The molecule has 0 N–H and O–H groups in total. The number of methoxy groups -OCH3 is 1. The third-order valence-electron chi connectivity index (χ3n) is 5.83. The molecule has 2 saturated heterocycles. The van der Waals surface area contributed by atoms with Crippen molar-refractivity contribution in [3.63, 3.8) is 0 Å². The van der Waals surface area contributed by atoms with Gasteiger partial charge < -0.3 is 4.74 Å². The summed E-state index contributed by atoms with van der Waals surface area (Å²) in [5.74, 6) is 1.30. The van der Waals surface area contributed by atoms with Crippen LogP contribution >= 0.6 is 0 Å². The Morgan fingerprint density at radius 3 is 2.67 bits per heavy atom. The third-order valence-corrected chi connectivity index (χ3v) is 7.85. The number of ether oxygens (including phenoxy) is 1. The minimum Gasteiger partial charge on any atom is -0.497 e. The predicted molar refractivity (Wildman–Crippen MR) is 105 cm³/mol. The zero-order valence-corrected chi connectivity index (χ0v) is 16.7. The van der Waals surface area contributed by atoms with E-state index in [1.165, 1.54) is 5.56 Å². The van der Waals surface area contributed by atoms with Crippen molar-refractivity contribution in [1.82, 2.24) is 9.21 Å². The number of sulfonamides is 1. The van der Waals surface area contributed by atoms with Gasteiger partial charge >= 0.3 is 0 Å². The van der Waals surface area contributed by atoms with Gasteiger partial charge in [0.05, 0.1) is 12.0 Å². The van der Waals surface area contributed by atoms with Crippen LogP contribution in [0.3, 0.4) is 0 Å². The molecule has 0 saturated carbocycles. The number of piperidine rings is 1. The summed E-state index contributed by atoms with van der Waals surface area (Å²) < 4.78 is 33.0. The Hall–Kier alpha value is -1.89. The molecule has 144 valence electrons. The van der Waals surface area contributed by atoms with Crippen LogP contribution in [0.15, 0.2) is 53.4 Å². The van der Waals surface area contributed by atoms with Gasteiger partial charge in [0, 0.05) is 38.1 Å². The molecule has 2 heterocycles. The summed E-state index contributed by atoms with van der Waals surface area (Å²) in [6.45, 7) is 4.91. The predicted octanol–water partition coefficient (Wildman–Crippen LogP) is 2.90. The van der Waals surface area contributed by atoms with Crippen LogP contribution in [0, 0.1) is 12.8 Å². The molecule has 0 aromatic heterocycles. The van der Waals surface area contributed by atoms with E-state index in [4.69, 9.17) is 4.74 Å². The molecule has 4 rings (SSSR count). The zero-order chi connectivity index (χ0) is 19.0. The standard InChI is InChI=1S/C21H26N2O3S/c1-16-6-3-4-9-21(16)27(24,25)23-11-10-20-18(15-23)14-22(20)13-17-7-5-8-19(12-17)26-2/h3-9,12,18,20H,10-11,13-15H2,1-2H3/t18-,20-/m1/s1. The first-order chi connectivity index (χ1) is 13.0. The Morgan fingerprint density at radius 1 is 1.11 bits per heavy atom. The number of fused-ring (bicyclic) bond motifs is 1. The number of aryl methyl sites for hydroxylation is 1. The number of nitrogens with zero attached hydrogens (tertiary/aromatic N) is 2. The lowest BCUT2D eigenvalue weighted by Crippen LogP contribution is -2.63. The van der Waals surface area contributed by atoms with Gasteiger partial charge in [-0.05, 0) is 42.7 Å². The maximum Gasteiger partial charge on any atom is 0.243 e. The number of rotatable bonds is 5. The minimum absolute atomic E-state index is 0.420. The van der Waals surface area contributed by atoms with Crippen LogP contribution in [0.4, 0.5) is 0 Å². The molecule has 0 radical (unpaired) electrons. The Labute approximate surface area is 161 Å². The second kappa shape index (κ2) is 7.26. The van der Waals surface area contributed by atoms with Crippen molar-refractivity contribution in [2.24, 2.45) is 5.92 Å². The number of benzene rings is 2. The lowest BCUT2D eigenvalue weighted by Gasteiger charge is -2.53. The largest absolute Gasteiger partial charge is 0.497 e. The summed E-state index contributed by atoms with van der Waals surface area (Å²) in [6, 6.07) is 15.9. The topological polar surface area (TPSA) is 49.9 Å². The van der Waals surface area contributed by atoms with E-state index in [9.17, 15) is 8.42 Å². The van der Waals surface area contributed by atoms with Crippen molar-refractivity contribution in [3.8, 4) is 5.75 Å². The average Bonchev–Trinajstić information content (AvgIpc) is 2.66. The highest BCUT2D eigenvalue weighted by molar-refractivity contribution is 7.89. The van der Waals surface area contributed by atoms with E-state index in [2.05, 4.69) is 17.0 Å². The highest BCUT2D eigenvalue weighted by atomic mass is 32.2. The summed E-state index contributed by atoms with van der Waals surface area (Å²) in [4.78, 5) is 2.90. The summed E-state index contributed by atoms with van der Waals surface area (Å²) in [5.41, 5.74) is 2.05. The van der Waals surface area contributed by atoms with Gasteiger partial charge in [-0.25, -0.2) is 8.42 Å². The first-order valence-corrected chi connectivity index (χ1v) is 10.9. The highest BCUT2D eigenvalue weighted by Crippen LogP contribution is 2.36. The van der Waals surface area contributed by atoms with E-state index in [0.717, 1.165) is 30.8 Å². The van der Waals surface area contributed by atoms with Crippen LogP contribution in [0.2, 0.25) is 0 Å². The van der Waals surface area contributed by atoms with Crippen molar-refractivity contribution in [1.29, 1.82) is 0 Å². The fourth-order valence-corrected chi connectivity index (χ4v) is 6.07. The van der Waals surface area contributed by atoms with Crippen LogP contribution in [-0.2, 0) is 16.6 Å². The molecule has 0 bridgehead atoms. The van der Waals surface area contributed by atoms with E-state index in [1.54, 1.807) is 23.5 Å². The summed E-state index contributed by atoms with van der Waals surface area (Å²) in [5, 5.41) is 0. The third kappa shape index (κ3) is 3.49. The van der Waals surface area contributed by atoms with Crippen LogP contribution in [0.5, 0.6) is 5.75 Å². The molecular weight excluding hydrogens is 360 g/mol. The molecule has 0 aliphatic carbocycles. The van der Waals surface area contributed by atoms with Gasteiger partial charge in [0.15, 0.2) is 0 Å². The van der Waals surface area contributed by atoms with Gasteiger partial charge in [-0.3, -0.25) is 4.90 Å². The Bertz CT molecular complexity index is 929. The van der Waals surface area contributed by atoms with Crippen molar-refractivity contribution in [2.45, 2.75) is 30.8 Å². The van der Waals surface area contributed by atoms with Crippen molar-refractivity contribution in [2.75, 3.05) is 26.7 Å². The molecule has 2 fully saturated rings. The van der Waals surface area contributed by atoms with E-state index in [-0.39, 0.29) is 0 Å². The molecule has 0 amide bonds. The van der Waals surface area contributed by atoms with Gasteiger partial charge in [-0.2, -0.15) is 4.31 Å². The van der Waals surface area contributed by atoms with Gasteiger partial charge in [0.25, 0.3) is 0 Å². The molecule has 5 nitrogen and oxygen atoms in total. The van der Waals surface area contributed by atoms with E-state index >= 15 is 0 Å². The van der Waals surface area contributed by atoms with Gasteiger partial charge in [-0.15, -0.1) is 0 Å². The van der Waals surface area contributed by atoms with Crippen LogP contribution < -0.4 is 4.74 Å². The summed E-state index contributed by atoms with van der Waals surface area (Å²) in [7, 11) is -1.72. The molecule has 2 aliphatic heterocycles. The summed E-state index contributed by atoms with van der Waals surface area (Å²) >= 11 is 0. The molecular formula is C21H26N2O3S. The quantitative estimate of drug-likeness (QED) is 0.793. The lowest BCUT2D eigenvalue weighted by molar-refractivity contribution is -0.0306. The maximum absolute atomic E-state index is 13.0. The van der Waals surface area contributed by atoms with E-state index in [0.29, 0.717) is 29.9 Å².